The molecular formula is C20H50O5W2. The van der Waals surface area contributed by atoms with Crippen LogP contribution in [0.1, 0.15) is 98.8 Å². The van der Waals surface area contributed by atoms with Crippen LogP contribution in [-0.2, 0) is 42.1 Å². The number of unbranched alkanes of at least 4 members (excludes halogenated alkanes) is 5. The number of aliphatic hydroxyl groups is 5. The Morgan fingerprint density at radius 2 is 0.444 bits per heavy atom. The molecule has 0 spiro atoms. The van der Waals surface area contributed by atoms with Crippen LogP contribution in [0.25, 0.3) is 0 Å². The molecule has 0 aromatic rings. The largest absolute Gasteiger partial charge is 0.396 e. The number of hydrogen-bond donors (Lipinski definition) is 5. The molecule has 0 amide bonds. The zero-order valence-corrected chi connectivity index (χ0v) is 24.5. The molecule has 0 aliphatic heterocycles. The molecule has 0 bridgehead atoms. The van der Waals surface area contributed by atoms with Gasteiger partial charge in [0.1, 0.15) is 0 Å². The van der Waals surface area contributed by atoms with Gasteiger partial charge in [0, 0.05) is 75.2 Å². The van der Waals surface area contributed by atoms with E-state index in [4.69, 9.17) is 25.5 Å². The molecule has 172 valence electrons. The van der Waals surface area contributed by atoms with E-state index in [0.29, 0.717) is 33.0 Å². The van der Waals surface area contributed by atoms with Gasteiger partial charge < -0.3 is 25.5 Å². The first kappa shape index (κ1) is 46.4. The Morgan fingerprint density at radius 1 is 0.333 bits per heavy atom. The van der Waals surface area contributed by atoms with E-state index >= 15 is 0 Å². The van der Waals surface area contributed by atoms with Gasteiger partial charge in [0.05, 0.1) is 0 Å². The molecule has 0 aliphatic rings. The summed E-state index contributed by atoms with van der Waals surface area (Å²) >= 11 is 0. The van der Waals surface area contributed by atoms with Gasteiger partial charge >= 0.3 is 0 Å². The maximum Gasteiger partial charge on any atom is 0.0430 e. The van der Waals surface area contributed by atoms with E-state index in [1.54, 1.807) is 0 Å². The molecule has 0 unspecified atom stereocenters. The average Bonchev–Trinajstić information content (AvgIpc) is 2.61. The van der Waals surface area contributed by atoms with Crippen molar-refractivity contribution < 1.29 is 67.7 Å². The van der Waals surface area contributed by atoms with Gasteiger partial charge in [-0.1, -0.05) is 66.7 Å². The summed E-state index contributed by atoms with van der Waals surface area (Å²) in [7, 11) is 0. The smallest absolute Gasteiger partial charge is 0.0430 e. The second kappa shape index (κ2) is 71.2. The molecule has 0 saturated carbocycles. The van der Waals surface area contributed by atoms with E-state index in [1.165, 1.54) is 0 Å². The third-order valence-electron chi connectivity index (χ3n) is 2.56. The Kier molecular flexibility index (Phi) is 122. The second-order valence-electron chi connectivity index (χ2n) is 5.39. The zero-order valence-electron chi connectivity index (χ0n) is 18.7. The molecule has 0 radical (unpaired) electrons. The predicted molar refractivity (Wildman–Crippen MR) is 110 cm³/mol. The first-order valence-electron chi connectivity index (χ1n) is 10.1. The first-order chi connectivity index (χ1) is 12.1. The van der Waals surface area contributed by atoms with Crippen molar-refractivity contribution in [3.63, 3.8) is 0 Å². The minimum absolute atomic E-state index is 0. The molecule has 0 aliphatic carbocycles. The van der Waals surface area contributed by atoms with Crippen molar-refractivity contribution in [1.29, 1.82) is 0 Å². The van der Waals surface area contributed by atoms with Gasteiger partial charge in [-0.05, 0) is 32.1 Å². The summed E-state index contributed by atoms with van der Waals surface area (Å²) in [6.07, 6.45) is 10.2. The molecule has 0 aromatic carbocycles. The van der Waals surface area contributed by atoms with E-state index in [-0.39, 0.29) is 42.1 Å². The summed E-state index contributed by atoms with van der Waals surface area (Å²) < 4.78 is 0. The molecule has 0 aromatic heterocycles. The van der Waals surface area contributed by atoms with Crippen molar-refractivity contribution in [2.75, 3.05) is 33.0 Å². The SMILES string of the molecule is CCCCO.CCCCO.CCCCO.CCCCO.CCCCO.[W].[W]. The molecular weight excluding hydrogens is 688 g/mol. The Hall–Kier alpha value is 1.18. The minimum Gasteiger partial charge on any atom is -0.396 e. The van der Waals surface area contributed by atoms with Crippen LogP contribution in [0.15, 0.2) is 0 Å². The third kappa shape index (κ3) is 138. The van der Waals surface area contributed by atoms with Gasteiger partial charge in [-0.3, -0.25) is 0 Å². The molecule has 0 atom stereocenters. The number of aliphatic hydroxyl groups excluding tert-OH is 5. The summed E-state index contributed by atoms with van der Waals surface area (Å²) in [5.74, 6) is 0. The molecule has 0 fully saturated rings. The van der Waals surface area contributed by atoms with Crippen molar-refractivity contribution in [3.8, 4) is 0 Å². The van der Waals surface area contributed by atoms with Crippen molar-refractivity contribution in [2.45, 2.75) is 98.8 Å². The topological polar surface area (TPSA) is 101 Å². The Balaban J connectivity index is -0.0000000364. The van der Waals surface area contributed by atoms with Gasteiger partial charge in [0.2, 0.25) is 0 Å². The number of hydrogen-bond acceptors (Lipinski definition) is 5. The van der Waals surface area contributed by atoms with E-state index in [9.17, 15) is 0 Å². The van der Waals surface area contributed by atoms with Gasteiger partial charge in [-0.15, -0.1) is 0 Å². The van der Waals surface area contributed by atoms with E-state index < -0.39 is 0 Å². The summed E-state index contributed by atoms with van der Waals surface area (Å²) in [6.45, 7) is 12.0. The molecule has 0 rings (SSSR count). The van der Waals surface area contributed by atoms with Crippen LogP contribution in [0.3, 0.4) is 0 Å². The summed E-state index contributed by atoms with van der Waals surface area (Å²) in [5.41, 5.74) is 0. The van der Waals surface area contributed by atoms with Crippen molar-refractivity contribution in [1.82, 2.24) is 0 Å². The molecule has 5 nitrogen and oxygen atoms in total. The van der Waals surface area contributed by atoms with E-state index in [2.05, 4.69) is 34.6 Å². The first-order valence-corrected chi connectivity index (χ1v) is 10.1. The Labute approximate surface area is 198 Å². The van der Waals surface area contributed by atoms with Gasteiger partial charge in [-0.25, -0.2) is 0 Å². The zero-order chi connectivity index (χ0) is 20.6. The van der Waals surface area contributed by atoms with E-state index in [1.807, 2.05) is 0 Å². The average molecular weight is 738 g/mol. The summed E-state index contributed by atoms with van der Waals surface area (Å²) in [4.78, 5) is 0. The standard InChI is InChI=1S/5C4H10O.2W/c5*1-2-3-4-5;;/h5*5H,2-4H2,1H3;;. The van der Waals surface area contributed by atoms with Crippen LogP contribution < -0.4 is 0 Å². The molecule has 27 heavy (non-hydrogen) atoms. The van der Waals surface area contributed by atoms with Crippen LogP contribution in [0.5, 0.6) is 0 Å². The molecule has 0 saturated heterocycles. The summed E-state index contributed by atoms with van der Waals surface area (Å²) in [5, 5.41) is 40.3. The van der Waals surface area contributed by atoms with Crippen LogP contribution in [-0.4, -0.2) is 58.6 Å². The third-order valence-corrected chi connectivity index (χ3v) is 2.56. The fourth-order valence-corrected chi connectivity index (χ4v) is 0.791. The van der Waals surface area contributed by atoms with Crippen molar-refractivity contribution >= 4 is 0 Å². The predicted octanol–water partition coefficient (Wildman–Crippen LogP) is 3.89. The van der Waals surface area contributed by atoms with Gasteiger partial charge in [0.15, 0.2) is 0 Å². The van der Waals surface area contributed by atoms with E-state index in [0.717, 1.165) is 64.2 Å². The van der Waals surface area contributed by atoms with Crippen molar-refractivity contribution in [2.24, 2.45) is 0 Å². The van der Waals surface area contributed by atoms with Crippen molar-refractivity contribution in [3.05, 3.63) is 0 Å². The quantitative estimate of drug-likeness (QED) is 0.235. The molecule has 0 heterocycles. The van der Waals surface area contributed by atoms with Crippen LogP contribution in [0.4, 0.5) is 0 Å². The fraction of sp³-hybridized carbons (Fsp3) is 1.00. The summed E-state index contributed by atoms with van der Waals surface area (Å²) in [6, 6.07) is 0. The maximum atomic E-state index is 8.07. The van der Waals surface area contributed by atoms with Gasteiger partial charge in [-0.2, -0.15) is 0 Å². The number of rotatable bonds is 10. The minimum atomic E-state index is 0. The molecule has 7 heteroatoms. The monoisotopic (exact) mass is 738 g/mol. The Bertz CT molecular complexity index is 101. The fourth-order valence-electron chi connectivity index (χ4n) is 0.791. The second-order valence-corrected chi connectivity index (χ2v) is 5.39. The normalized spacial score (nSPS) is 7.78. The van der Waals surface area contributed by atoms with Crippen LogP contribution in [0.2, 0.25) is 0 Å². The Morgan fingerprint density at radius 3 is 0.444 bits per heavy atom. The molecule has 5 N–H and O–H groups in total. The van der Waals surface area contributed by atoms with Crippen LogP contribution in [0, 0.1) is 0 Å². The van der Waals surface area contributed by atoms with Gasteiger partial charge in [0.25, 0.3) is 0 Å². The van der Waals surface area contributed by atoms with Crippen LogP contribution >= 0.6 is 0 Å². The maximum absolute atomic E-state index is 8.07.